The van der Waals surface area contributed by atoms with Crippen LogP contribution in [0, 0.1) is 23.6 Å². The fraction of sp³-hybridized carbons (Fsp3) is 0.442. The van der Waals surface area contributed by atoms with E-state index >= 15 is 4.39 Å². The van der Waals surface area contributed by atoms with Crippen molar-refractivity contribution in [2.75, 3.05) is 62.2 Å². The Labute approximate surface area is 333 Å². The average Bonchev–Trinajstić information content (AvgIpc) is 3.78. The van der Waals surface area contributed by atoms with Gasteiger partial charge in [0.15, 0.2) is 5.82 Å². The fourth-order valence-corrected chi connectivity index (χ4v) is 10.6. The Morgan fingerprint density at radius 3 is 2.50 bits per heavy atom. The van der Waals surface area contributed by atoms with Crippen LogP contribution in [0.3, 0.4) is 0 Å². The number of hydrogen-bond donors (Lipinski definition) is 3. The standard InChI is InChI=1S/C43H45FN10O4/c1-50-37-33(3-2-4-34(37)54(42(50)58)35-7-8-36(55)49-41(35)57)53-20-24-17-25(21-53)29(24)22-51-13-15-52(16-14-51)26-5-6-27(30(44)18-26)39-45-12-9-31(48-39)32-19-28-38(47-32)43(10-11-43)23-46-40(28)56/h2-6,9,12,18-19,24-25,29,35,47H,7-8,10-11,13-17,20-23H2,1H3,(H,46,56)(H,49,55,57). The maximum absolute atomic E-state index is 15.8. The van der Waals surface area contributed by atoms with Gasteiger partial charge in [-0.05, 0) is 85.9 Å². The number of para-hydroxylation sites is 1. The zero-order valence-electron chi connectivity index (χ0n) is 32.3. The van der Waals surface area contributed by atoms with Crippen LogP contribution < -0.4 is 26.1 Å². The van der Waals surface area contributed by atoms with Crippen LogP contribution in [0.25, 0.3) is 33.8 Å². The lowest BCUT2D eigenvalue weighted by molar-refractivity contribution is -0.135. The summed E-state index contributed by atoms with van der Waals surface area (Å²) in [4.78, 5) is 70.4. The molecule has 1 spiro atoms. The van der Waals surface area contributed by atoms with Gasteiger partial charge >= 0.3 is 5.69 Å². The third-order valence-corrected chi connectivity index (χ3v) is 14.0. The second-order valence-electron chi connectivity index (χ2n) is 17.3. The number of piperidine rings is 3. The molecule has 2 bridgehead atoms. The number of nitrogens with one attached hydrogen (secondary N) is 3. The summed E-state index contributed by atoms with van der Waals surface area (Å²) in [7, 11) is 1.77. The molecule has 2 aromatic carbocycles. The summed E-state index contributed by atoms with van der Waals surface area (Å²) in [5.41, 5.74) is 6.51. The first-order valence-electron chi connectivity index (χ1n) is 20.5. The van der Waals surface area contributed by atoms with E-state index < -0.39 is 11.9 Å². The van der Waals surface area contributed by atoms with E-state index in [1.807, 2.05) is 24.3 Å². The van der Waals surface area contributed by atoms with Gasteiger partial charge in [0.1, 0.15) is 11.9 Å². The van der Waals surface area contributed by atoms with Crippen molar-refractivity contribution in [1.82, 2.24) is 39.6 Å². The summed E-state index contributed by atoms with van der Waals surface area (Å²) in [5.74, 6) is 0.859. The second-order valence-corrected chi connectivity index (χ2v) is 17.3. The first-order valence-corrected chi connectivity index (χ1v) is 20.5. The smallest absolute Gasteiger partial charge is 0.329 e. The van der Waals surface area contributed by atoms with E-state index in [1.54, 1.807) is 40.6 Å². The second kappa shape index (κ2) is 13.1. The molecule has 3 aromatic heterocycles. The minimum absolute atomic E-state index is 0.00215. The Bertz CT molecular complexity index is 2590. The average molecular weight is 785 g/mol. The third-order valence-electron chi connectivity index (χ3n) is 14.0. The molecular weight excluding hydrogens is 740 g/mol. The summed E-state index contributed by atoms with van der Waals surface area (Å²) in [5, 5.41) is 5.41. The number of imide groups is 1. The van der Waals surface area contributed by atoms with Crippen LogP contribution >= 0.6 is 0 Å². The van der Waals surface area contributed by atoms with Gasteiger partial charge in [0.05, 0.1) is 39.2 Å². The van der Waals surface area contributed by atoms with Crippen LogP contribution in [0.4, 0.5) is 15.8 Å². The lowest BCUT2D eigenvalue weighted by Crippen LogP contribution is -2.59. The Balaban J connectivity index is 0.728. The Kier molecular flexibility index (Phi) is 7.98. The molecule has 14 nitrogen and oxygen atoms in total. The molecule has 15 heteroatoms. The summed E-state index contributed by atoms with van der Waals surface area (Å²) >= 11 is 0. The third kappa shape index (κ3) is 5.60. The predicted molar refractivity (Wildman–Crippen MR) is 215 cm³/mol. The number of hydrogen-bond acceptors (Lipinski definition) is 9. The van der Waals surface area contributed by atoms with Gasteiger partial charge in [-0.3, -0.25) is 33.7 Å². The zero-order valence-corrected chi connectivity index (χ0v) is 32.3. The Hall–Kier alpha value is -5.83. The number of imidazole rings is 1. The highest BCUT2D eigenvalue weighted by atomic mass is 19.1. The van der Waals surface area contributed by atoms with E-state index in [0.717, 1.165) is 92.5 Å². The number of nitrogens with zero attached hydrogens (tertiary/aromatic N) is 7. The van der Waals surface area contributed by atoms with E-state index in [0.29, 0.717) is 53.4 Å². The molecule has 2 saturated carbocycles. The number of aromatic amines is 1. The normalized spacial score (nSPS) is 25.1. The molecular formula is C43H45FN10O4. The molecule has 3 amide bonds. The van der Waals surface area contributed by atoms with Crippen molar-refractivity contribution < 1.29 is 18.8 Å². The van der Waals surface area contributed by atoms with Gasteiger partial charge in [-0.25, -0.2) is 19.2 Å². The number of amides is 3. The van der Waals surface area contributed by atoms with Gasteiger partial charge in [-0.1, -0.05) is 6.07 Å². The molecule has 4 saturated heterocycles. The van der Waals surface area contributed by atoms with Crippen molar-refractivity contribution in [3.63, 3.8) is 0 Å². The van der Waals surface area contributed by atoms with Crippen LogP contribution in [0.15, 0.2) is 59.5 Å². The first kappa shape index (κ1) is 35.3. The maximum Gasteiger partial charge on any atom is 0.329 e. The lowest BCUT2D eigenvalue weighted by atomic mass is 9.61. The SMILES string of the molecule is Cn1c(=O)n(C2CCC(=O)NC2=O)c2cccc(N3CC4CC(C3)C4CN3CCN(c4ccc(-c5nccc(-c6cc7c([nH]6)C6(CC6)CNC7=O)n5)c(F)c4)CC3)c21. The van der Waals surface area contributed by atoms with Crippen LogP contribution in [0.2, 0.25) is 0 Å². The number of rotatable bonds is 7. The van der Waals surface area contributed by atoms with Crippen molar-refractivity contribution in [2.45, 2.75) is 43.6 Å². The van der Waals surface area contributed by atoms with E-state index in [-0.39, 0.29) is 35.2 Å². The van der Waals surface area contributed by atoms with Crippen molar-refractivity contribution in [3.8, 4) is 22.8 Å². The molecule has 0 radical (unpaired) electrons. The Morgan fingerprint density at radius 1 is 0.931 bits per heavy atom. The van der Waals surface area contributed by atoms with Crippen molar-refractivity contribution in [2.24, 2.45) is 24.8 Å². The summed E-state index contributed by atoms with van der Waals surface area (Å²) in [6, 6.07) is 14.2. The minimum atomic E-state index is -0.705. The molecule has 8 heterocycles. The van der Waals surface area contributed by atoms with Crippen molar-refractivity contribution in [3.05, 3.63) is 82.3 Å². The Morgan fingerprint density at radius 2 is 1.74 bits per heavy atom. The van der Waals surface area contributed by atoms with Gasteiger partial charge in [0, 0.05) is 88.8 Å². The fourth-order valence-electron chi connectivity index (χ4n) is 10.6. The molecule has 298 valence electrons. The maximum atomic E-state index is 15.8. The van der Waals surface area contributed by atoms with Crippen LogP contribution in [0.1, 0.15) is 54.2 Å². The molecule has 6 fully saturated rings. The van der Waals surface area contributed by atoms with Gasteiger partial charge in [-0.2, -0.15) is 0 Å². The van der Waals surface area contributed by atoms with Crippen LogP contribution in [-0.4, -0.2) is 99.1 Å². The number of aryl methyl sites for hydroxylation is 1. The first-order chi connectivity index (χ1) is 28.1. The van der Waals surface area contributed by atoms with Gasteiger partial charge in [0.25, 0.3) is 5.91 Å². The van der Waals surface area contributed by atoms with Gasteiger partial charge in [0.2, 0.25) is 11.8 Å². The molecule has 7 aliphatic rings. The number of aromatic nitrogens is 5. The molecule has 3 unspecified atom stereocenters. The zero-order chi connectivity index (χ0) is 39.4. The molecule has 3 atom stereocenters. The van der Waals surface area contributed by atoms with Crippen LogP contribution in [0.5, 0.6) is 0 Å². The van der Waals surface area contributed by atoms with Gasteiger partial charge < -0.3 is 20.1 Å². The molecule has 3 N–H and O–H groups in total. The van der Waals surface area contributed by atoms with Crippen molar-refractivity contribution >= 4 is 40.1 Å². The van der Waals surface area contributed by atoms with E-state index in [2.05, 4.69) is 41.4 Å². The minimum Gasteiger partial charge on any atom is -0.369 e. The summed E-state index contributed by atoms with van der Waals surface area (Å²) in [6.45, 7) is 6.97. The van der Waals surface area contributed by atoms with E-state index in [9.17, 15) is 19.2 Å². The van der Waals surface area contributed by atoms with Crippen molar-refractivity contribution in [1.29, 1.82) is 0 Å². The number of benzene rings is 2. The molecule has 5 aliphatic heterocycles. The lowest BCUT2D eigenvalue weighted by Gasteiger charge is -2.56. The van der Waals surface area contributed by atoms with Crippen LogP contribution in [-0.2, 0) is 22.1 Å². The predicted octanol–water partition coefficient (Wildman–Crippen LogP) is 3.58. The largest absolute Gasteiger partial charge is 0.369 e. The topological polar surface area (TPSA) is 153 Å². The number of anilines is 2. The number of fused-ring (bicyclic) bond motifs is 5. The highest BCUT2D eigenvalue weighted by Gasteiger charge is 2.51. The molecule has 5 aromatic rings. The number of H-pyrrole nitrogens is 1. The van der Waals surface area contributed by atoms with Gasteiger partial charge in [-0.15, -0.1) is 0 Å². The monoisotopic (exact) mass is 784 g/mol. The summed E-state index contributed by atoms with van der Waals surface area (Å²) in [6.07, 6.45) is 5.45. The quantitative estimate of drug-likeness (QED) is 0.210. The number of carbonyl (C=O) groups is 3. The van der Waals surface area contributed by atoms with E-state index in [1.165, 1.54) is 6.42 Å². The van der Waals surface area contributed by atoms with E-state index in [4.69, 9.17) is 4.98 Å². The summed E-state index contributed by atoms with van der Waals surface area (Å²) < 4.78 is 19.0. The molecule has 2 aliphatic carbocycles. The highest BCUT2D eigenvalue weighted by Crippen LogP contribution is 2.51. The highest BCUT2D eigenvalue weighted by molar-refractivity contribution is 6.01. The number of carbonyl (C=O) groups excluding carboxylic acids is 3. The number of halogens is 1. The number of piperazine rings is 1. The molecule has 58 heavy (non-hydrogen) atoms. The molecule has 12 rings (SSSR count).